The van der Waals surface area contributed by atoms with E-state index in [1.54, 1.807) is 12.1 Å². The molecule has 4 heteroatoms. The number of hydrogen-bond donors (Lipinski definition) is 1. The number of nitrogens with two attached hydrogens (primary N) is 1. The second-order valence-electron chi connectivity index (χ2n) is 5.75. The first kappa shape index (κ1) is 14.6. The lowest BCUT2D eigenvalue weighted by Crippen LogP contribution is -2.35. The summed E-state index contributed by atoms with van der Waals surface area (Å²) in [5.74, 6) is 0.468. The van der Waals surface area contributed by atoms with Gasteiger partial charge in [-0.1, -0.05) is 13.3 Å². The van der Waals surface area contributed by atoms with Crippen molar-refractivity contribution in [3.63, 3.8) is 0 Å². The number of halogens is 1. The molecule has 1 aliphatic rings. The highest BCUT2D eigenvalue weighted by Crippen LogP contribution is 2.36. The van der Waals surface area contributed by atoms with Gasteiger partial charge in [-0.2, -0.15) is 0 Å². The van der Waals surface area contributed by atoms with Gasteiger partial charge < -0.3 is 10.5 Å². The molecule has 0 aromatic heterocycles. The Hall–Kier alpha value is -2.36. The lowest BCUT2D eigenvalue weighted by molar-refractivity contribution is 0.0840. The Bertz CT molecular complexity index is 724. The van der Waals surface area contributed by atoms with Gasteiger partial charge in [0, 0.05) is 29.3 Å². The lowest BCUT2D eigenvalue weighted by Gasteiger charge is -2.33. The molecular formula is C18H19FN2O. The first-order valence-electron chi connectivity index (χ1n) is 7.45. The van der Waals surface area contributed by atoms with Crippen molar-refractivity contribution < 1.29 is 9.13 Å². The molecule has 2 aromatic rings. The molecule has 114 valence electrons. The molecule has 1 heterocycles. The zero-order chi connectivity index (χ0) is 15.7. The number of fused-ring (bicyclic) bond motifs is 1. The summed E-state index contributed by atoms with van der Waals surface area (Å²) in [5.41, 5.74) is 8.48. The predicted octanol–water partition coefficient (Wildman–Crippen LogP) is 4.15. The van der Waals surface area contributed by atoms with Gasteiger partial charge in [0.15, 0.2) is 5.72 Å². The van der Waals surface area contributed by atoms with Gasteiger partial charge in [0.05, 0.1) is 5.71 Å². The Morgan fingerprint density at radius 1 is 1.18 bits per heavy atom. The Morgan fingerprint density at radius 3 is 2.59 bits per heavy atom. The third kappa shape index (κ3) is 2.69. The van der Waals surface area contributed by atoms with Crippen LogP contribution in [0.25, 0.3) is 0 Å². The molecule has 1 atom stereocenters. The molecule has 0 saturated carbocycles. The molecule has 1 unspecified atom stereocenters. The molecule has 0 spiro atoms. The van der Waals surface area contributed by atoms with E-state index in [1.807, 2.05) is 25.1 Å². The average molecular weight is 298 g/mol. The standard InChI is InChI=1S/C18H19FN2O/c1-3-10-18(2)21-17(12-4-6-13(19)7-5-12)15-9-8-14(20)11-16(15)22-18/h4-9,11H,3,10,20H2,1-2H3. The van der Waals surface area contributed by atoms with Gasteiger partial charge in [-0.3, -0.25) is 0 Å². The fraction of sp³-hybridized carbons (Fsp3) is 0.278. The summed E-state index contributed by atoms with van der Waals surface area (Å²) < 4.78 is 19.3. The van der Waals surface area contributed by atoms with Crippen LogP contribution < -0.4 is 10.5 Å². The molecule has 0 amide bonds. The van der Waals surface area contributed by atoms with Crippen LogP contribution in [0, 0.1) is 5.82 Å². The number of nitrogens with zero attached hydrogens (tertiary/aromatic N) is 1. The van der Waals surface area contributed by atoms with E-state index in [0.29, 0.717) is 5.69 Å². The fourth-order valence-corrected chi connectivity index (χ4v) is 2.77. The maximum atomic E-state index is 13.2. The maximum Gasteiger partial charge on any atom is 0.198 e. The normalized spacial score (nSPS) is 20.0. The van der Waals surface area contributed by atoms with Crippen molar-refractivity contribution in [2.45, 2.75) is 32.4 Å². The number of ether oxygens (including phenoxy) is 1. The summed E-state index contributed by atoms with van der Waals surface area (Å²) in [6.45, 7) is 4.06. The third-order valence-electron chi connectivity index (χ3n) is 3.77. The topological polar surface area (TPSA) is 47.6 Å². The van der Waals surface area contributed by atoms with Gasteiger partial charge in [0.25, 0.3) is 0 Å². The fourth-order valence-electron chi connectivity index (χ4n) is 2.77. The van der Waals surface area contributed by atoms with E-state index in [9.17, 15) is 4.39 Å². The molecule has 2 aromatic carbocycles. The van der Waals surface area contributed by atoms with E-state index in [0.717, 1.165) is 35.4 Å². The smallest absolute Gasteiger partial charge is 0.198 e. The van der Waals surface area contributed by atoms with E-state index in [1.165, 1.54) is 12.1 Å². The monoisotopic (exact) mass is 298 g/mol. The average Bonchev–Trinajstić information content (AvgIpc) is 2.46. The highest BCUT2D eigenvalue weighted by molar-refractivity contribution is 6.15. The zero-order valence-corrected chi connectivity index (χ0v) is 12.8. The highest BCUT2D eigenvalue weighted by atomic mass is 19.1. The molecule has 2 N–H and O–H groups in total. The SMILES string of the molecule is CCCC1(C)N=C(c2ccc(F)cc2)c2ccc(N)cc2O1. The molecule has 0 radical (unpaired) electrons. The molecule has 1 aliphatic heterocycles. The summed E-state index contributed by atoms with van der Waals surface area (Å²) in [7, 11) is 0. The van der Waals surface area contributed by atoms with Gasteiger partial charge >= 0.3 is 0 Å². The van der Waals surface area contributed by atoms with Crippen molar-refractivity contribution in [3.8, 4) is 5.75 Å². The molecule has 3 nitrogen and oxygen atoms in total. The highest BCUT2D eigenvalue weighted by Gasteiger charge is 2.32. The maximum absolute atomic E-state index is 13.2. The van der Waals surface area contributed by atoms with Crippen LogP contribution in [-0.2, 0) is 0 Å². The molecule has 0 bridgehead atoms. The predicted molar refractivity (Wildman–Crippen MR) is 86.8 cm³/mol. The Kier molecular flexibility index (Phi) is 3.61. The van der Waals surface area contributed by atoms with Gasteiger partial charge in [-0.15, -0.1) is 0 Å². The van der Waals surface area contributed by atoms with Crippen LogP contribution in [-0.4, -0.2) is 11.4 Å². The second-order valence-corrected chi connectivity index (χ2v) is 5.75. The van der Waals surface area contributed by atoms with Crippen LogP contribution in [0.3, 0.4) is 0 Å². The minimum atomic E-state index is -0.626. The number of nitrogen functional groups attached to an aromatic ring is 1. The second kappa shape index (κ2) is 5.44. The van der Waals surface area contributed by atoms with Crippen LogP contribution in [0.4, 0.5) is 10.1 Å². The zero-order valence-electron chi connectivity index (χ0n) is 12.8. The first-order valence-corrected chi connectivity index (χ1v) is 7.45. The molecule has 22 heavy (non-hydrogen) atoms. The van der Waals surface area contributed by atoms with Crippen LogP contribution in [0.2, 0.25) is 0 Å². The molecule has 3 rings (SSSR count). The number of rotatable bonds is 3. The summed E-state index contributed by atoms with van der Waals surface area (Å²) in [6.07, 6.45) is 1.75. The number of anilines is 1. The van der Waals surface area contributed by atoms with Crippen LogP contribution in [0.5, 0.6) is 5.75 Å². The quantitative estimate of drug-likeness (QED) is 0.865. The number of hydrogen-bond acceptors (Lipinski definition) is 3. The van der Waals surface area contributed by atoms with E-state index >= 15 is 0 Å². The van der Waals surface area contributed by atoms with Crippen molar-refractivity contribution in [2.75, 3.05) is 5.73 Å². The molecule has 0 aliphatic carbocycles. The van der Waals surface area contributed by atoms with Gasteiger partial charge in [0.2, 0.25) is 0 Å². The largest absolute Gasteiger partial charge is 0.466 e. The van der Waals surface area contributed by atoms with Gasteiger partial charge in [0.1, 0.15) is 11.6 Å². The van der Waals surface area contributed by atoms with E-state index in [4.69, 9.17) is 15.5 Å². The van der Waals surface area contributed by atoms with Crippen LogP contribution >= 0.6 is 0 Å². The van der Waals surface area contributed by atoms with Gasteiger partial charge in [-0.05, 0) is 43.3 Å². The van der Waals surface area contributed by atoms with Crippen molar-refractivity contribution >= 4 is 11.4 Å². The van der Waals surface area contributed by atoms with Crippen LogP contribution in [0.1, 0.15) is 37.8 Å². The van der Waals surface area contributed by atoms with Crippen molar-refractivity contribution in [1.82, 2.24) is 0 Å². The summed E-state index contributed by atoms with van der Waals surface area (Å²) in [6, 6.07) is 11.9. The first-order chi connectivity index (χ1) is 10.5. The third-order valence-corrected chi connectivity index (χ3v) is 3.77. The van der Waals surface area contributed by atoms with E-state index in [2.05, 4.69) is 6.92 Å². The van der Waals surface area contributed by atoms with Crippen LogP contribution in [0.15, 0.2) is 47.5 Å². The minimum absolute atomic E-state index is 0.259. The number of aliphatic imine (C=N–C) groups is 1. The Balaban J connectivity index is 2.15. The Labute approximate surface area is 129 Å². The lowest BCUT2D eigenvalue weighted by atomic mass is 9.97. The molecular weight excluding hydrogens is 279 g/mol. The summed E-state index contributed by atoms with van der Waals surface area (Å²) in [5, 5.41) is 0. The van der Waals surface area contributed by atoms with Crippen molar-refractivity contribution in [3.05, 3.63) is 59.4 Å². The molecule has 0 saturated heterocycles. The van der Waals surface area contributed by atoms with E-state index < -0.39 is 5.72 Å². The van der Waals surface area contributed by atoms with Gasteiger partial charge in [-0.25, -0.2) is 9.38 Å². The summed E-state index contributed by atoms with van der Waals surface area (Å²) >= 11 is 0. The number of benzene rings is 2. The van der Waals surface area contributed by atoms with Crippen molar-refractivity contribution in [1.29, 1.82) is 0 Å². The van der Waals surface area contributed by atoms with Crippen molar-refractivity contribution in [2.24, 2.45) is 4.99 Å². The van der Waals surface area contributed by atoms with E-state index in [-0.39, 0.29) is 5.82 Å². The summed E-state index contributed by atoms with van der Waals surface area (Å²) in [4.78, 5) is 4.81. The molecule has 0 fully saturated rings. The minimum Gasteiger partial charge on any atom is -0.466 e. The Morgan fingerprint density at radius 2 is 1.91 bits per heavy atom.